The monoisotopic (exact) mass is 206 g/mol. The first-order valence-electron chi connectivity index (χ1n) is 5.36. The van der Waals surface area contributed by atoms with Crippen LogP contribution in [0.25, 0.3) is 0 Å². The van der Waals surface area contributed by atoms with E-state index >= 15 is 0 Å². The minimum absolute atomic E-state index is 0.0931. The van der Waals surface area contributed by atoms with Crippen LogP contribution >= 0.6 is 0 Å². The normalized spacial score (nSPS) is 12.4. The van der Waals surface area contributed by atoms with E-state index in [9.17, 15) is 4.79 Å². The fraction of sp³-hybridized carbons (Fsp3) is 0.500. The van der Waals surface area contributed by atoms with Gasteiger partial charge in [-0.15, -0.1) is 0 Å². The van der Waals surface area contributed by atoms with Gasteiger partial charge in [-0.05, 0) is 31.5 Å². The third kappa shape index (κ3) is 4.21. The molecule has 1 rings (SSSR count). The van der Waals surface area contributed by atoms with Gasteiger partial charge in [-0.1, -0.05) is 13.0 Å². The number of hydrogen-bond acceptors (Lipinski definition) is 3. The van der Waals surface area contributed by atoms with Gasteiger partial charge < -0.3 is 5.73 Å². The van der Waals surface area contributed by atoms with Gasteiger partial charge in [0.1, 0.15) is 5.78 Å². The quantitative estimate of drug-likeness (QED) is 0.768. The van der Waals surface area contributed by atoms with Crippen LogP contribution in [0.2, 0.25) is 0 Å². The van der Waals surface area contributed by atoms with E-state index in [1.807, 2.05) is 25.1 Å². The fourth-order valence-electron chi connectivity index (χ4n) is 1.44. The van der Waals surface area contributed by atoms with E-state index in [1.54, 1.807) is 6.20 Å². The molecule has 2 N–H and O–H groups in total. The van der Waals surface area contributed by atoms with Crippen LogP contribution in [0.3, 0.4) is 0 Å². The standard InChI is InChI=1S/C12H18N2O/c1-10(5-4-7-13)12(15)9-11-6-2-3-8-14-11/h2-3,6,8,10H,4-5,7,9,13H2,1H3. The van der Waals surface area contributed by atoms with Gasteiger partial charge >= 0.3 is 0 Å². The first-order chi connectivity index (χ1) is 7.24. The van der Waals surface area contributed by atoms with E-state index < -0.39 is 0 Å². The highest BCUT2D eigenvalue weighted by atomic mass is 16.1. The molecule has 1 unspecified atom stereocenters. The van der Waals surface area contributed by atoms with Crippen LogP contribution in [0.1, 0.15) is 25.5 Å². The number of carbonyl (C=O) groups excluding carboxylic acids is 1. The summed E-state index contributed by atoms with van der Waals surface area (Å²) < 4.78 is 0. The molecule has 0 aliphatic heterocycles. The maximum Gasteiger partial charge on any atom is 0.141 e. The number of aromatic nitrogens is 1. The van der Waals surface area contributed by atoms with Gasteiger partial charge in [-0.2, -0.15) is 0 Å². The van der Waals surface area contributed by atoms with Crippen molar-refractivity contribution in [1.82, 2.24) is 4.98 Å². The highest BCUT2D eigenvalue weighted by Crippen LogP contribution is 2.09. The molecule has 82 valence electrons. The largest absolute Gasteiger partial charge is 0.330 e. The van der Waals surface area contributed by atoms with Crippen LogP contribution in [0, 0.1) is 5.92 Å². The van der Waals surface area contributed by atoms with Gasteiger partial charge in [0.25, 0.3) is 0 Å². The van der Waals surface area contributed by atoms with Gasteiger partial charge in [-0.3, -0.25) is 9.78 Å². The summed E-state index contributed by atoms with van der Waals surface area (Å²) in [6.07, 6.45) is 3.94. The molecule has 0 fully saturated rings. The zero-order chi connectivity index (χ0) is 11.1. The molecule has 0 saturated heterocycles. The smallest absolute Gasteiger partial charge is 0.141 e. The highest BCUT2D eigenvalue weighted by Gasteiger charge is 2.12. The molecule has 0 spiro atoms. The Morgan fingerprint density at radius 3 is 2.93 bits per heavy atom. The van der Waals surface area contributed by atoms with Crippen molar-refractivity contribution in [2.75, 3.05) is 6.54 Å². The number of nitrogens with two attached hydrogens (primary N) is 1. The second-order valence-electron chi connectivity index (χ2n) is 3.80. The SMILES string of the molecule is CC(CCCN)C(=O)Cc1ccccn1. The molecular weight excluding hydrogens is 188 g/mol. The summed E-state index contributed by atoms with van der Waals surface area (Å²) in [5.74, 6) is 0.345. The number of nitrogens with zero attached hydrogens (tertiary/aromatic N) is 1. The molecule has 0 aromatic carbocycles. The molecule has 15 heavy (non-hydrogen) atoms. The molecule has 1 aromatic heterocycles. The lowest BCUT2D eigenvalue weighted by atomic mass is 9.97. The van der Waals surface area contributed by atoms with Crippen molar-refractivity contribution < 1.29 is 4.79 Å². The average Bonchev–Trinajstić information content (AvgIpc) is 2.27. The average molecular weight is 206 g/mol. The Kier molecular flexibility index (Phi) is 4.98. The van der Waals surface area contributed by atoms with Crippen LogP contribution in [-0.2, 0) is 11.2 Å². The number of pyridine rings is 1. The second-order valence-corrected chi connectivity index (χ2v) is 3.80. The summed E-state index contributed by atoms with van der Waals surface area (Å²) >= 11 is 0. The number of ketones is 1. The van der Waals surface area contributed by atoms with Crippen molar-refractivity contribution in [1.29, 1.82) is 0 Å². The molecule has 0 bridgehead atoms. The molecule has 0 aliphatic rings. The molecule has 1 aromatic rings. The molecule has 0 saturated carbocycles. The third-order valence-electron chi connectivity index (χ3n) is 2.47. The van der Waals surface area contributed by atoms with Crippen molar-refractivity contribution in [2.24, 2.45) is 11.7 Å². The maximum absolute atomic E-state index is 11.7. The lowest BCUT2D eigenvalue weighted by Gasteiger charge is -2.08. The predicted molar refractivity (Wildman–Crippen MR) is 60.4 cm³/mol. The molecule has 1 atom stereocenters. The third-order valence-corrected chi connectivity index (χ3v) is 2.47. The molecule has 1 heterocycles. The van der Waals surface area contributed by atoms with Gasteiger partial charge in [0.05, 0.1) is 0 Å². The van der Waals surface area contributed by atoms with Crippen molar-refractivity contribution in [3.05, 3.63) is 30.1 Å². The Hall–Kier alpha value is -1.22. The second kappa shape index (κ2) is 6.30. The predicted octanol–water partition coefficient (Wildman–Crippen LogP) is 1.57. The topological polar surface area (TPSA) is 56.0 Å². The van der Waals surface area contributed by atoms with Gasteiger partial charge in [0.15, 0.2) is 0 Å². The highest BCUT2D eigenvalue weighted by molar-refractivity contribution is 5.82. The van der Waals surface area contributed by atoms with Crippen LogP contribution < -0.4 is 5.73 Å². The molecular formula is C12H18N2O. The van der Waals surface area contributed by atoms with Crippen molar-refractivity contribution in [3.63, 3.8) is 0 Å². The van der Waals surface area contributed by atoms with Crippen LogP contribution in [0.15, 0.2) is 24.4 Å². The van der Waals surface area contributed by atoms with E-state index in [0.29, 0.717) is 13.0 Å². The fourth-order valence-corrected chi connectivity index (χ4v) is 1.44. The summed E-state index contributed by atoms with van der Waals surface area (Å²) in [6.45, 7) is 2.61. The van der Waals surface area contributed by atoms with Crippen molar-refractivity contribution >= 4 is 5.78 Å². The first kappa shape index (κ1) is 11.9. The van der Waals surface area contributed by atoms with E-state index in [4.69, 9.17) is 5.73 Å². The van der Waals surface area contributed by atoms with E-state index in [2.05, 4.69) is 4.98 Å². The summed E-state index contributed by atoms with van der Waals surface area (Å²) in [6, 6.07) is 5.64. The van der Waals surface area contributed by atoms with Crippen LogP contribution in [0.5, 0.6) is 0 Å². The lowest BCUT2D eigenvalue weighted by Crippen LogP contribution is -2.15. The number of carbonyl (C=O) groups is 1. The minimum atomic E-state index is 0.0931. The Morgan fingerprint density at radius 2 is 2.33 bits per heavy atom. The first-order valence-corrected chi connectivity index (χ1v) is 5.36. The van der Waals surface area contributed by atoms with Gasteiger partial charge in [0, 0.05) is 24.2 Å². The number of rotatable bonds is 6. The molecule has 3 heteroatoms. The summed E-state index contributed by atoms with van der Waals surface area (Å²) in [5.41, 5.74) is 6.26. The Labute approximate surface area is 90.7 Å². The zero-order valence-corrected chi connectivity index (χ0v) is 9.15. The maximum atomic E-state index is 11.7. The van der Waals surface area contributed by atoms with E-state index in [1.165, 1.54) is 0 Å². The molecule has 0 aliphatic carbocycles. The van der Waals surface area contributed by atoms with Crippen molar-refractivity contribution in [3.8, 4) is 0 Å². The summed E-state index contributed by atoms with van der Waals surface area (Å²) in [7, 11) is 0. The van der Waals surface area contributed by atoms with Crippen LogP contribution in [0.4, 0.5) is 0 Å². The lowest BCUT2D eigenvalue weighted by molar-refractivity contribution is -0.121. The molecule has 0 amide bonds. The van der Waals surface area contributed by atoms with Crippen molar-refractivity contribution in [2.45, 2.75) is 26.2 Å². The summed E-state index contributed by atoms with van der Waals surface area (Å²) in [4.78, 5) is 15.9. The Balaban J connectivity index is 2.42. The van der Waals surface area contributed by atoms with E-state index in [-0.39, 0.29) is 11.7 Å². The number of hydrogen-bond donors (Lipinski definition) is 1. The van der Waals surface area contributed by atoms with Gasteiger partial charge in [0.2, 0.25) is 0 Å². The zero-order valence-electron chi connectivity index (χ0n) is 9.15. The van der Waals surface area contributed by atoms with Gasteiger partial charge in [-0.25, -0.2) is 0 Å². The summed E-state index contributed by atoms with van der Waals surface area (Å²) in [5, 5.41) is 0. The Morgan fingerprint density at radius 1 is 1.53 bits per heavy atom. The molecule has 3 nitrogen and oxygen atoms in total. The van der Waals surface area contributed by atoms with E-state index in [0.717, 1.165) is 18.5 Å². The minimum Gasteiger partial charge on any atom is -0.330 e. The Bertz CT molecular complexity index is 298. The number of Topliss-reactive ketones (excluding diaryl/α,β-unsaturated/α-hetero) is 1. The van der Waals surface area contributed by atoms with Crippen LogP contribution in [-0.4, -0.2) is 17.3 Å². The molecule has 0 radical (unpaired) electrons.